The number of carbonyl (C=O) groups excluding carboxylic acids is 1. The fourth-order valence-corrected chi connectivity index (χ4v) is 3.72. The normalized spacial score (nSPS) is 14.5. The molecule has 0 spiro atoms. The predicted molar refractivity (Wildman–Crippen MR) is 97.2 cm³/mol. The van der Waals surface area contributed by atoms with Gasteiger partial charge in [-0.3, -0.25) is 9.89 Å². The number of hydrogen-bond acceptors (Lipinski definition) is 4. The number of H-pyrrole nitrogens is 1. The largest absolute Gasteiger partial charge is 0.309 e. The number of aromatic nitrogens is 2. The van der Waals surface area contributed by atoms with E-state index in [-0.39, 0.29) is 25.4 Å². The average Bonchev–Trinajstić information content (AvgIpc) is 3.17. The highest BCUT2D eigenvalue weighted by Crippen LogP contribution is 2.28. The number of carbonyl (C=O) groups is 1. The third kappa shape index (κ3) is 3.19. The fraction of sp³-hybridized carbons (Fsp3) is 0.176. The summed E-state index contributed by atoms with van der Waals surface area (Å²) < 4.78 is 24.0. The summed E-state index contributed by atoms with van der Waals surface area (Å²) in [5, 5.41) is 16.9. The lowest BCUT2D eigenvalue weighted by Crippen LogP contribution is -2.32. The van der Waals surface area contributed by atoms with Crippen molar-refractivity contribution in [1.82, 2.24) is 14.5 Å². The standard InChI is InChI=1S/C17H17N5O3S/c18-26(24,25)22-9-14-15(10-22)20-21-17(14)19-16(23)8-11-5-6-12-3-1-2-4-13(12)7-11/h1-7H,8-10H2,(H2,18,24,25)(H2,19,20,21,23). The molecule has 4 rings (SSSR count). The van der Waals surface area contributed by atoms with Crippen molar-refractivity contribution in [2.24, 2.45) is 5.14 Å². The molecule has 0 bridgehead atoms. The van der Waals surface area contributed by atoms with Crippen LogP contribution in [0.3, 0.4) is 0 Å². The lowest BCUT2D eigenvalue weighted by atomic mass is 10.0. The number of nitrogens with zero attached hydrogens (tertiary/aromatic N) is 2. The van der Waals surface area contributed by atoms with Crippen molar-refractivity contribution in [3.05, 3.63) is 59.3 Å². The average molecular weight is 371 g/mol. The quantitative estimate of drug-likeness (QED) is 0.639. The molecule has 1 aromatic heterocycles. The number of aromatic amines is 1. The highest BCUT2D eigenvalue weighted by atomic mass is 32.2. The Morgan fingerprint density at radius 1 is 1.19 bits per heavy atom. The van der Waals surface area contributed by atoms with Crippen molar-refractivity contribution in [3.8, 4) is 0 Å². The van der Waals surface area contributed by atoms with Gasteiger partial charge in [-0.25, -0.2) is 5.14 Å². The first kappa shape index (κ1) is 16.7. The molecule has 0 saturated heterocycles. The summed E-state index contributed by atoms with van der Waals surface area (Å²) >= 11 is 0. The Morgan fingerprint density at radius 3 is 2.73 bits per heavy atom. The van der Waals surface area contributed by atoms with Gasteiger partial charge in [0.2, 0.25) is 5.91 Å². The Morgan fingerprint density at radius 2 is 1.96 bits per heavy atom. The molecule has 9 heteroatoms. The Balaban J connectivity index is 1.48. The van der Waals surface area contributed by atoms with Crippen LogP contribution in [0.1, 0.15) is 16.8 Å². The molecule has 0 saturated carbocycles. The van der Waals surface area contributed by atoms with Gasteiger partial charge < -0.3 is 5.32 Å². The minimum Gasteiger partial charge on any atom is -0.309 e. The monoisotopic (exact) mass is 371 g/mol. The van der Waals surface area contributed by atoms with Crippen molar-refractivity contribution in [3.63, 3.8) is 0 Å². The summed E-state index contributed by atoms with van der Waals surface area (Å²) in [6.07, 6.45) is 0.200. The van der Waals surface area contributed by atoms with E-state index in [2.05, 4.69) is 15.5 Å². The van der Waals surface area contributed by atoms with E-state index in [1.807, 2.05) is 42.5 Å². The van der Waals surface area contributed by atoms with E-state index >= 15 is 0 Å². The van der Waals surface area contributed by atoms with Crippen molar-refractivity contribution in [2.45, 2.75) is 19.5 Å². The van der Waals surface area contributed by atoms with Gasteiger partial charge in [0.1, 0.15) is 0 Å². The third-order valence-corrected chi connectivity index (χ3v) is 5.40. The van der Waals surface area contributed by atoms with Crippen LogP contribution in [-0.4, -0.2) is 28.8 Å². The van der Waals surface area contributed by atoms with E-state index in [0.717, 1.165) is 20.6 Å². The molecule has 0 fully saturated rings. The number of nitrogens with two attached hydrogens (primary N) is 1. The smallest absolute Gasteiger partial charge is 0.277 e. The molecule has 0 radical (unpaired) electrons. The van der Waals surface area contributed by atoms with E-state index in [1.165, 1.54) is 0 Å². The lowest BCUT2D eigenvalue weighted by molar-refractivity contribution is -0.115. The maximum Gasteiger partial charge on any atom is 0.277 e. The molecule has 26 heavy (non-hydrogen) atoms. The second-order valence-corrected chi connectivity index (χ2v) is 7.80. The van der Waals surface area contributed by atoms with E-state index < -0.39 is 10.2 Å². The summed E-state index contributed by atoms with van der Waals surface area (Å²) in [5.74, 6) is 0.126. The second kappa shape index (κ2) is 6.20. The topological polar surface area (TPSA) is 121 Å². The molecule has 1 aliphatic rings. The summed E-state index contributed by atoms with van der Waals surface area (Å²) in [5.41, 5.74) is 2.17. The first-order valence-corrected chi connectivity index (χ1v) is 9.52. The van der Waals surface area contributed by atoms with Crippen LogP contribution >= 0.6 is 0 Å². The van der Waals surface area contributed by atoms with Gasteiger partial charge in [-0.15, -0.1) is 0 Å². The maximum absolute atomic E-state index is 12.4. The molecule has 2 aromatic carbocycles. The first-order valence-electron chi connectivity index (χ1n) is 8.02. The number of anilines is 1. The van der Waals surface area contributed by atoms with Crippen LogP contribution in [0.4, 0.5) is 5.82 Å². The van der Waals surface area contributed by atoms with Crippen LogP contribution in [-0.2, 0) is 34.5 Å². The number of rotatable bonds is 4. The van der Waals surface area contributed by atoms with Crippen molar-refractivity contribution < 1.29 is 13.2 Å². The number of benzene rings is 2. The number of amides is 1. The molecule has 0 unspecified atom stereocenters. The third-order valence-electron chi connectivity index (χ3n) is 4.42. The maximum atomic E-state index is 12.4. The molecule has 3 aromatic rings. The highest BCUT2D eigenvalue weighted by Gasteiger charge is 2.31. The predicted octanol–water partition coefficient (Wildman–Crippen LogP) is 1.26. The Labute approximate surface area is 150 Å². The SMILES string of the molecule is NS(=O)(=O)N1Cc2[nH]nc(NC(=O)Cc3ccc4ccccc4c3)c2C1. The molecule has 134 valence electrons. The summed E-state index contributed by atoms with van der Waals surface area (Å²) in [7, 11) is -3.78. The molecule has 0 atom stereocenters. The molecule has 0 aliphatic carbocycles. The summed E-state index contributed by atoms with van der Waals surface area (Å²) in [6, 6.07) is 13.8. The molecule has 4 N–H and O–H groups in total. The number of nitrogens with one attached hydrogen (secondary N) is 2. The Bertz CT molecular complexity index is 1110. The van der Waals surface area contributed by atoms with Gasteiger partial charge in [0.25, 0.3) is 10.2 Å². The minimum atomic E-state index is -3.78. The summed E-state index contributed by atoms with van der Waals surface area (Å²) in [4.78, 5) is 12.4. The van der Waals surface area contributed by atoms with Gasteiger partial charge in [0.15, 0.2) is 5.82 Å². The van der Waals surface area contributed by atoms with Gasteiger partial charge in [-0.05, 0) is 16.3 Å². The van der Waals surface area contributed by atoms with E-state index in [0.29, 0.717) is 17.1 Å². The van der Waals surface area contributed by atoms with Crippen LogP contribution in [0, 0.1) is 0 Å². The van der Waals surface area contributed by atoms with Crippen LogP contribution in [0.25, 0.3) is 10.8 Å². The van der Waals surface area contributed by atoms with Crippen molar-refractivity contribution in [1.29, 1.82) is 0 Å². The first-order chi connectivity index (χ1) is 12.4. The van der Waals surface area contributed by atoms with E-state index in [9.17, 15) is 13.2 Å². The van der Waals surface area contributed by atoms with E-state index in [4.69, 9.17) is 5.14 Å². The van der Waals surface area contributed by atoms with Crippen LogP contribution in [0.5, 0.6) is 0 Å². The van der Waals surface area contributed by atoms with Crippen LogP contribution < -0.4 is 10.5 Å². The zero-order chi connectivity index (χ0) is 18.3. The number of hydrogen-bond donors (Lipinski definition) is 3. The van der Waals surface area contributed by atoms with E-state index in [1.54, 1.807) is 0 Å². The lowest BCUT2D eigenvalue weighted by Gasteiger charge is -2.11. The molecule has 1 amide bonds. The molecule has 1 aliphatic heterocycles. The highest BCUT2D eigenvalue weighted by molar-refractivity contribution is 7.86. The van der Waals surface area contributed by atoms with Gasteiger partial charge in [-0.2, -0.15) is 17.8 Å². The van der Waals surface area contributed by atoms with Crippen LogP contribution in [0.2, 0.25) is 0 Å². The summed E-state index contributed by atoms with van der Waals surface area (Å²) in [6.45, 7) is 0.220. The minimum absolute atomic E-state index is 0.0935. The second-order valence-electron chi connectivity index (χ2n) is 6.25. The van der Waals surface area contributed by atoms with Crippen molar-refractivity contribution >= 4 is 32.7 Å². The van der Waals surface area contributed by atoms with Gasteiger partial charge >= 0.3 is 0 Å². The molecular weight excluding hydrogens is 354 g/mol. The van der Waals surface area contributed by atoms with Gasteiger partial charge in [0.05, 0.1) is 18.7 Å². The zero-order valence-electron chi connectivity index (χ0n) is 13.8. The van der Waals surface area contributed by atoms with Crippen LogP contribution in [0.15, 0.2) is 42.5 Å². The Hall–Kier alpha value is -2.75. The Kier molecular flexibility index (Phi) is 3.98. The molecule has 2 heterocycles. The molecular formula is C17H17N5O3S. The zero-order valence-corrected chi connectivity index (χ0v) is 14.6. The number of fused-ring (bicyclic) bond motifs is 2. The van der Waals surface area contributed by atoms with Gasteiger partial charge in [-0.1, -0.05) is 42.5 Å². The fourth-order valence-electron chi connectivity index (χ4n) is 3.10. The van der Waals surface area contributed by atoms with Gasteiger partial charge in [0, 0.05) is 12.1 Å². The molecule has 8 nitrogen and oxygen atoms in total. The van der Waals surface area contributed by atoms with Crippen molar-refractivity contribution in [2.75, 3.05) is 5.32 Å².